The fraction of sp³-hybridized carbons (Fsp3) is 0. The molecule has 0 amide bonds. The summed E-state index contributed by atoms with van der Waals surface area (Å²) in [4.78, 5) is 0. The second-order valence-corrected chi connectivity index (χ2v) is 23.1. The molecule has 0 nitrogen and oxygen atoms in total. The summed E-state index contributed by atoms with van der Waals surface area (Å²) in [5.41, 5.74) is 0. The third-order valence-electron chi connectivity index (χ3n) is 0. The van der Waals surface area contributed by atoms with Gasteiger partial charge in [0, 0.05) is 0 Å². The monoisotopic (exact) mass is 216 g/mol. The van der Waals surface area contributed by atoms with Gasteiger partial charge in [-0.2, -0.15) is 0 Å². The summed E-state index contributed by atoms with van der Waals surface area (Å²) >= 11 is -3.24. The smallest absolute Gasteiger partial charge is 1.00 e. The van der Waals surface area contributed by atoms with Crippen LogP contribution >= 0.6 is 38.6 Å². The van der Waals surface area contributed by atoms with Gasteiger partial charge in [0.15, 0.2) is 0 Å². The van der Waals surface area contributed by atoms with Crippen molar-refractivity contribution < 1.29 is 18.9 Å². The predicted octanol–water partition coefficient (Wildman–Crippen LogP) is -0.619. The van der Waals surface area contributed by atoms with Crippen molar-refractivity contribution in [3.63, 3.8) is 0 Å². The molecule has 0 aromatic heterocycles. The Morgan fingerprint density at radius 3 is 0.833 bits per heavy atom. The molecule has 0 aliphatic rings. The Morgan fingerprint density at radius 2 is 0.833 bits per heavy atom. The summed E-state index contributed by atoms with van der Waals surface area (Å²) in [6, 6.07) is 0. The van der Waals surface area contributed by atoms with Crippen LogP contribution in [-0.2, 0) is 0 Å². The average Bonchev–Trinajstić information content (AvgIpc) is 0.722. The first-order valence-corrected chi connectivity index (χ1v) is 13.6. The van der Waals surface area contributed by atoms with Crippen molar-refractivity contribution >= 4 is 49.6 Å². The van der Waals surface area contributed by atoms with E-state index in [1.165, 1.54) is 0 Å². The first-order chi connectivity index (χ1) is 2.00. The van der Waals surface area contributed by atoms with Crippen LogP contribution in [0.2, 0.25) is 0 Å². The van der Waals surface area contributed by atoms with Gasteiger partial charge in [-0.05, 0) is 0 Å². The molecule has 32 valence electrons. The molecule has 0 heterocycles. The van der Waals surface area contributed by atoms with E-state index in [-0.39, 0.29) is 18.9 Å². The van der Waals surface area contributed by atoms with Crippen LogP contribution in [0.1, 0.15) is 0 Å². The molecule has 0 radical (unpaired) electrons. The minimum absolute atomic E-state index is 0. The molecule has 0 aromatic carbocycles. The van der Waals surface area contributed by atoms with Gasteiger partial charge in [0.05, 0.1) is 0 Å². The SMILES string of the molecule is [Cl][Ga-]([Cl])([Cl])[Cl].[Li+]. The Kier molecular flexibility index (Phi) is 8.03. The maximum absolute atomic E-state index is 5.03. The van der Waals surface area contributed by atoms with Gasteiger partial charge in [0.1, 0.15) is 0 Å². The minimum atomic E-state index is -3.24. The van der Waals surface area contributed by atoms with Crippen molar-refractivity contribution in [3.8, 4) is 0 Å². The van der Waals surface area contributed by atoms with E-state index in [1.807, 2.05) is 0 Å². The summed E-state index contributed by atoms with van der Waals surface area (Å²) in [5, 5.41) is 0. The fourth-order valence-corrected chi connectivity index (χ4v) is 0. The van der Waals surface area contributed by atoms with E-state index in [4.69, 9.17) is 38.6 Å². The molecule has 0 aliphatic carbocycles. The molecule has 0 rings (SSSR count). The van der Waals surface area contributed by atoms with Crippen molar-refractivity contribution in [3.05, 3.63) is 0 Å². The Balaban J connectivity index is 0. The Morgan fingerprint density at radius 1 is 0.833 bits per heavy atom. The van der Waals surface area contributed by atoms with E-state index < -0.39 is 11.0 Å². The van der Waals surface area contributed by atoms with E-state index in [0.29, 0.717) is 0 Å². The maximum Gasteiger partial charge on any atom is 1.00 e. The van der Waals surface area contributed by atoms with Gasteiger partial charge in [0.2, 0.25) is 0 Å². The van der Waals surface area contributed by atoms with E-state index in [2.05, 4.69) is 0 Å². The molecule has 0 saturated carbocycles. The molecule has 0 fully saturated rings. The first kappa shape index (κ1) is 11.2. The summed E-state index contributed by atoms with van der Waals surface area (Å²) in [5.74, 6) is 0. The standard InChI is InChI=1S/4ClH.Ga.Li/h4*1H;;/q;;;;+3;+1/p-4. The van der Waals surface area contributed by atoms with Crippen LogP contribution in [0.25, 0.3) is 0 Å². The Hall–Kier alpha value is 2.39. The molecule has 0 saturated heterocycles. The molecule has 6 heteroatoms. The van der Waals surface area contributed by atoms with Crippen molar-refractivity contribution in [2.45, 2.75) is 0 Å². The Bertz CT molecular complexity index is 23.0. The molecule has 0 bridgehead atoms. The van der Waals surface area contributed by atoms with Crippen LogP contribution in [0, 0.1) is 0 Å². The first-order valence-electron chi connectivity index (χ1n) is 0.873. The quantitative estimate of drug-likeness (QED) is 0.476. The van der Waals surface area contributed by atoms with Gasteiger partial charge in [0.25, 0.3) is 0 Å². The van der Waals surface area contributed by atoms with Crippen LogP contribution < -0.4 is 18.9 Å². The topological polar surface area (TPSA) is 0 Å². The summed E-state index contributed by atoms with van der Waals surface area (Å²) in [6.07, 6.45) is 0. The van der Waals surface area contributed by atoms with Gasteiger partial charge < -0.3 is 0 Å². The number of rotatable bonds is 0. The summed E-state index contributed by atoms with van der Waals surface area (Å²) < 4.78 is 0. The van der Waals surface area contributed by atoms with Gasteiger partial charge >= 0.3 is 68.4 Å². The molecular weight excluding hydrogens is 218 g/mol. The van der Waals surface area contributed by atoms with E-state index in [1.54, 1.807) is 0 Å². The molecule has 0 spiro atoms. The second-order valence-electron chi connectivity index (χ2n) is 0.495. The molecule has 0 aromatic rings. The van der Waals surface area contributed by atoms with Gasteiger partial charge in [-0.25, -0.2) is 0 Å². The number of halogens is 4. The third kappa shape index (κ3) is 32.5. The molecule has 6 heavy (non-hydrogen) atoms. The van der Waals surface area contributed by atoms with Gasteiger partial charge in [-0.15, -0.1) is 0 Å². The summed E-state index contributed by atoms with van der Waals surface area (Å²) in [7, 11) is 20.1. The van der Waals surface area contributed by atoms with Crippen molar-refractivity contribution in [1.29, 1.82) is 0 Å². The molecule has 0 unspecified atom stereocenters. The van der Waals surface area contributed by atoms with Crippen molar-refractivity contribution in [2.75, 3.05) is 0 Å². The Labute approximate surface area is 67.6 Å². The summed E-state index contributed by atoms with van der Waals surface area (Å²) in [6.45, 7) is 0. The predicted molar refractivity (Wildman–Crippen MR) is 29.2 cm³/mol. The van der Waals surface area contributed by atoms with Crippen LogP contribution in [0.5, 0.6) is 0 Å². The average molecular weight is 218 g/mol. The zero-order valence-corrected chi connectivity index (χ0v) is 8.54. The molecule has 0 atom stereocenters. The third-order valence-corrected chi connectivity index (χ3v) is 0. The van der Waals surface area contributed by atoms with Crippen LogP contribution in [0.15, 0.2) is 0 Å². The largest absolute Gasteiger partial charge is 1.00 e. The molecular formula is Cl4GaLi. The van der Waals surface area contributed by atoms with Crippen molar-refractivity contribution in [1.82, 2.24) is 0 Å². The molecule has 0 aliphatic heterocycles. The zero-order valence-electron chi connectivity index (χ0n) is 3.09. The van der Waals surface area contributed by atoms with Crippen LogP contribution in [-0.4, -0.2) is 11.0 Å². The minimum Gasteiger partial charge on any atom is 1.00 e. The van der Waals surface area contributed by atoms with Gasteiger partial charge in [-0.3, -0.25) is 0 Å². The number of hydrogen-bond acceptors (Lipinski definition) is 0. The van der Waals surface area contributed by atoms with Crippen molar-refractivity contribution in [2.24, 2.45) is 0 Å². The number of hydrogen-bond donors (Lipinski definition) is 0. The second kappa shape index (κ2) is 4.29. The zero-order chi connectivity index (χ0) is 4.50. The molecule has 0 N–H and O–H groups in total. The van der Waals surface area contributed by atoms with E-state index in [0.717, 1.165) is 0 Å². The normalized spacial score (nSPS) is 10.0. The van der Waals surface area contributed by atoms with Gasteiger partial charge in [-0.1, -0.05) is 0 Å². The van der Waals surface area contributed by atoms with Crippen LogP contribution in [0.3, 0.4) is 0 Å². The maximum atomic E-state index is 5.03. The van der Waals surface area contributed by atoms with E-state index in [9.17, 15) is 0 Å². The van der Waals surface area contributed by atoms with Crippen LogP contribution in [0.4, 0.5) is 0 Å². The fourth-order valence-electron chi connectivity index (χ4n) is 0. The van der Waals surface area contributed by atoms with E-state index >= 15 is 0 Å².